The molecule has 1 aromatic heterocycles. The van der Waals surface area contributed by atoms with Crippen LogP contribution in [0.5, 0.6) is 0 Å². The molecular weight excluding hydrogens is 424 g/mol. The molecule has 1 amide bonds. The van der Waals surface area contributed by atoms with E-state index in [1.165, 1.54) is 11.8 Å². The van der Waals surface area contributed by atoms with Crippen molar-refractivity contribution in [2.75, 3.05) is 23.7 Å². The molecule has 2 atom stereocenters. The summed E-state index contributed by atoms with van der Waals surface area (Å²) >= 11 is 1.37. The minimum Gasteiger partial charge on any atom is -0.390 e. The Morgan fingerprint density at radius 1 is 1.19 bits per heavy atom. The summed E-state index contributed by atoms with van der Waals surface area (Å²) in [5, 5.41) is 14.4. The topological polar surface area (TPSA) is 95.4 Å². The van der Waals surface area contributed by atoms with Gasteiger partial charge in [-0.15, -0.1) is 0 Å². The monoisotopic (exact) mass is 456 g/mol. The van der Waals surface area contributed by atoms with E-state index in [0.717, 1.165) is 75.8 Å². The molecule has 0 spiro atoms. The van der Waals surface area contributed by atoms with Crippen molar-refractivity contribution in [3.63, 3.8) is 0 Å². The third-order valence-corrected chi connectivity index (χ3v) is 9.40. The van der Waals surface area contributed by atoms with Crippen LogP contribution in [0.2, 0.25) is 0 Å². The van der Waals surface area contributed by atoms with Crippen molar-refractivity contribution in [3.8, 4) is 0 Å². The second-order valence-corrected chi connectivity index (χ2v) is 11.9. The molecule has 0 aromatic carbocycles. The third-order valence-electron chi connectivity index (χ3n) is 8.56. The van der Waals surface area contributed by atoms with Crippen LogP contribution in [0, 0.1) is 17.8 Å². The zero-order chi connectivity index (χ0) is 21.9. The van der Waals surface area contributed by atoms with Crippen LogP contribution < -0.4 is 10.2 Å². The van der Waals surface area contributed by atoms with E-state index < -0.39 is 5.60 Å². The standard InChI is InChI=1S/C24H32N4O3S/c29-19-13-28(5-6-32-19)23-25-12-18(21(27-23)15-3-1-2-4-15)22(30)26-20-16-7-14-8-17(20)11-24(31,9-14)10-16/h12,14-17,20,31H,1-11,13H2,(H,26,30). The lowest BCUT2D eigenvalue weighted by Gasteiger charge is -2.58. The van der Waals surface area contributed by atoms with E-state index in [0.29, 0.717) is 35.8 Å². The number of carbonyl (C=O) groups excluding carboxylic acids is 2. The minimum absolute atomic E-state index is 0.0619. The van der Waals surface area contributed by atoms with Crippen molar-refractivity contribution in [1.82, 2.24) is 15.3 Å². The number of aromatic nitrogens is 2. The van der Waals surface area contributed by atoms with Crippen LogP contribution in [0.1, 0.15) is 79.8 Å². The Balaban J connectivity index is 1.26. The van der Waals surface area contributed by atoms with Gasteiger partial charge in [-0.05, 0) is 62.7 Å². The van der Waals surface area contributed by atoms with Gasteiger partial charge in [0.15, 0.2) is 0 Å². The average Bonchev–Trinajstić information content (AvgIpc) is 3.29. The van der Waals surface area contributed by atoms with Crippen LogP contribution in [0.3, 0.4) is 0 Å². The second-order valence-electron chi connectivity index (χ2n) is 10.8. The molecule has 6 aliphatic rings. The first-order valence-corrected chi connectivity index (χ1v) is 13.3. The molecule has 2 N–H and O–H groups in total. The van der Waals surface area contributed by atoms with Gasteiger partial charge in [-0.25, -0.2) is 9.97 Å². The quantitative estimate of drug-likeness (QED) is 0.719. The van der Waals surface area contributed by atoms with E-state index in [1.807, 2.05) is 4.90 Å². The van der Waals surface area contributed by atoms with Crippen molar-refractivity contribution < 1.29 is 14.7 Å². The SMILES string of the molecule is O=C1CN(c2ncc(C(=O)NC3C4CC5CC3CC(O)(C5)C4)c(C3CCCC3)n2)CCS1. The summed E-state index contributed by atoms with van der Waals surface area (Å²) in [5.74, 6) is 2.92. The maximum absolute atomic E-state index is 13.5. The highest BCUT2D eigenvalue weighted by Gasteiger charge is 2.55. The summed E-state index contributed by atoms with van der Waals surface area (Å²) in [6, 6.07) is 0.146. The van der Waals surface area contributed by atoms with E-state index in [9.17, 15) is 14.7 Å². The summed E-state index contributed by atoms with van der Waals surface area (Å²) < 4.78 is 0. The highest BCUT2D eigenvalue weighted by molar-refractivity contribution is 8.13. The van der Waals surface area contributed by atoms with Gasteiger partial charge in [-0.3, -0.25) is 9.59 Å². The summed E-state index contributed by atoms with van der Waals surface area (Å²) in [6.07, 6.45) is 10.9. The molecule has 1 saturated heterocycles. The maximum Gasteiger partial charge on any atom is 0.254 e. The average molecular weight is 457 g/mol. The van der Waals surface area contributed by atoms with Crippen molar-refractivity contribution in [2.24, 2.45) is 17.8 Å². The van der Waals surface area contributed by atoms with Crippen LogP contribution in [-0.2, 0) is 4.79 Å². The van der Waals surface area contributed by atoms with Gasteiger partial charge in [-0.2, -0.15) is 0 Å². The number of rotatable bonds is 4. The Hall–Kier alpha value is -1.67. The number of hydrogen-bond donors (Lipinski definition) is 2. The molecule has 5 saturated carbocycles. The van der Waals surface area contributed by atoms with Crippen molar-refractivity contribution in [3.05, 3.63) is 17.5 Å². The highest BCUT2D eigenvalue weighted by atomic mass is 32.2. The zero-order valence-corrected chi connectivity index (χ0v) is 19.3. The summed E-state index contributed by atoms with van der Waals surface area (Å²) in [5.41, 5.74) is 0.964. The van der Waals surface area contributed by atoms with E-state index in [-0.39, 0.29) is 23.0 Å². The molecule has 5 aliphatic carbocycles. The van der Waals surface area contributed by atoms with Crippen LogP contribution in [0.15, 0.2) is 6.20 Å². The van der Waals surface area contributed by atoms with Crippen LogP contribution in [0.25, 0.3) is 0 Å². The Morgan fingerprint density at radius 2 is 1.94 bits per heavy atom. The van der Waals surface area contributed by atoms with E-state index >= 15 is 0 Å². The van der Waals surface area contributed by atoms with Gasteiger partial charge >= 0.3 is 0 Å². The number of thioether (sulfide) groups is 1. The van der Waals surface area contributed by atoms with Crippen molar-refractivity contribution in [1.29, 1.82) is 0 Å². The summed E-state index contributed by atoms with van der Waals surface area (Å²) in [6.45, 7) is 1.08. The van der Waals surface area contributed by atoms with Gasteiger partial charge in [0.2, 0.25) is 11.1 Å². The van der Waals surface area contributed by atoms with Crippen LogP contribution in [0.4, 0.5) is 5.95 Å². The smallest absolute Gasteiger partial charge is 0.254 e. The maximum atomic E-state index is 13.5. The Labute approximate surface area is 193 Å². The molecule has 2 heterocycles. The normalized spacial score (nSPS) is 36.7. The first-order chi connectivity index (χ1) is 15.5. The van der Waals surface area contributed by atoms with Gasteiger partial charge in [0.05, 0.1) is 23.4 Å². The molecule has 7 rings (SSSR count). The van der Waals surface area contributed by atoms with E-state index in [4.69, 9.17) is 4.98 Å². The fraction of sp³-hybridized carbons (Fsp3) is 0.750. The lowest BCUT2D eigenvalue weighted by atomic mass is 9.52. The molecule has 4 bridgehead atoms. The molecule has 8 heteroatoms. The summed E-state index contributed by atoms with van der Waals surface area (Å²) in [7, 11) is 0. The number of aliphatic hydroxyl groups is 1. The lowest BCUT2D eigenvalue weighted by Crippen LogP contribution is -2.61. The molecule has 2 unspecified atom stereocenters. The molecule has 6 fully saturated rings. The molecule has 1 aromatic rings. The molecule has 32 heavy (non-hydrogen) atoms. The molecule has 1 aliphatic heterocycles. The highest BCUT2D eigenvalue weighted by Crippen LogP contribution is 2.55. The predicted octanol–water partition coefficient (Wildman–Crippen LogP) is 2.88. The number of nitrogens with one attached hydrogen (secondary N) is 1. The van der Waals surface area contributed by atoms with Crippen LogP contribution >= 0.6 is 11.8 Å². The van der Waals surface area contributed by atoms with Gasteiger partial charge in [0.1, 0.15) is 0 Å². The molecule has 172 valence electrons. The van der Waals surface area contributed by atoms with Gasteiger partial charge in [0.25, 0.3) is 5.91 Å². The third kappa shape index (κ3) is 3.73. The lowest BCUT2D eigenvalue weighted by molar-refractivity contribution is -0.136. The number of carbonyl (C=O) groups is 2. The van der Waals surface area contributed by atoms with Gasteiger partial charge in [-0.1, -0.05) is 24.6 Å². The largest absolute Gasteiger partial charge is 0.390 e. The van der Waals surface area contributed by atoms with Crippen molar-refractivity contribution in [2.45, 2.75) is 75.3 Å². The number of nitrogens with zero attached hydrogens (tertiary/aromatic N) is 3. The van der Waals surface area contributed by atoms with Gasteiger partial charge in [0, 0.05) is 30.5 Å². The fourth-order valence-corrected chi connectivity index (χ4v) is 8.18. The van der Waals surface area contributed by atoms with Gasteiger partial charge < -0.3 is 15.3 Å². The first-order valence-electron chi connectivity index (χ1n) is 12.3. The Kier molecular flexibility index (Phi) is 5.21. The Bertz CT molecular complexity index is 918. The summed E-state index contributed by atoms with van der Waals surface area (Å²) in [4.78, 5) is 36.8. The van der Waals surface area contributed by atoms with E-state index in [2.05, 4.69) is 10.3 Å². The predicted molar refractivity (Wildman–Crippen MR) is 123 cm³/mol. The van der Waals surface area contributed by atoms with Crippen molar-refractivity contribution >= 4 is 28.7 Å². The van der Waals surface area contributed by atoms with E-state index in [1.54, 1.807) is 6.20 Å². The van der Waals surface area contributed by atoms with Crippen LogP contribution in [-0.4, -0.2) is 56.6 Å². The second kappa shape index (κ2) is 7.97. The fourth-order valence-electron chi connectivity index (χ4n) is 7.39. The first kappa shape index (κ1) is 20.9. The minimum atomic E-state index is -0.498. The zero-order valence-electron chi connectivity index (χ0n) is 18.5. The molecule has 7 nitrogen and oxygen atoms in total. The molecular formula is C24H32N4O3S. The number of anilines is 1. The Morgan fingerprint density at radius 3 is 2.62 bits per heavy atom. The molecule has 0 radical (unpaired) electrons. The number of hydrogen-bond acceptors (Lipinski definition) is 7. The number of amides is 1.